The molecular formula is C26H23FN4O. The maximum absolute atomic E-state index is 13.8. The van der Waals surface area contributed by atoms with Gasteiger partial charge in [-0.3, -0.25) is 14.8 Å². The van der Waals surface area contributed by atoms with Crippen molar-refractivity contribution in [2.75, 3.05) is 18.4 Å². The predicted molar refractivity (Wildman–Crippen MR) is 124 cm³/mol. The largest absolute Gasteiger partial charge is 0.382 e. The molecule has 0 bridgehead atoms. The number of hydrogen-bond donors (Lipinski definition) is 1. The molecule has 0 radical (unpaired) electrons. The van der Waals surface area contributed by atoms with Gasteiger partial charge < -0.3 is 10.2 Å². The van der Waals surface area contributed by atoms with Crippen molar-refractivity contribution in [3.8, 4) is 11.1 Å². The highest BCUT2D eigenvalue weighted by Crippen LogP contribution is 2.32. The fraction of sp³-hybridized carbons (Fsp3) is 0.192. The molecule has 0 unspecified atom stereocenters. The van der Waals surface area contributed by atoms with Gasteiger partial charge in [-0.25, -0.2) is 4.39 Å². The molecule has 160 valence electrons. The van der Waals surface area contributed by atoms with Crippen molar-refractivity contribution in [2.45, 2.75) is 18.9 Å². The zero-order chi connectivity index (χ0) is 21.9. The zero-order valence-corrected chi connectivity index (χ0v) is 17.5. The van der Waals surface area contributed by atoms with Crippen molar-refractivity contribution in [1.29, 1.82) is 0 Å². The summed E-state index contributed by atoms with van der Waals surface area (Å²) >= 11 is 0. The molecule has 5 nitrogen and oxygen atoms in total. The Morgan fingerprint density at radius 1 is 0.938 bits per heavy atom. The number of fused-ring (bicyclic) bond motifs is 1. The van der Waals surface area contributed by atoms with E-state index in [0.29, 0.717) is 18.7 Å². The monoisotopic (exact) mass is 426 g/mol. The van der Waals surface area contributed by atoms with Gasteiger partial charge in [0.25, 0.3) is 5.91 Å². The van der Waals surface area contributed by atoms with Crippen LogP contribution in [0.5, 0.6) is 0 Å². The average molecular weight is 426 g/mol. The molecule has 6 heteroatoms. The van der Waals surface area contributed by atoms with Crippen LogP contribution in [0.25, 0.3) is 21.9 Å². The number of carbonyl (C=O) groups is 1. The Labute approximate surface area is 185 Å². The van der Waals surface area contributed by atoms with E-state index >= 15 is 0 Å². The van der Waals surface area contributed by atoms with Gasteiger partial charge >= 0.3 is 0 Å². The summed E-state index contributed by atoms with van der Waals surface area (Å²) in [5, 5.41) is 5.74. The number of likely N-dealkylation sites (tertiary alicyclic amines) is 1. The number of halogens is 1. The van der Waals surface area contributed by atoms with Crippen LogP contribution < -0.4 is 5.32 Å². The van der Waals surface area contributed by atoms with Crippen LogP contribution in [-0.2, 0) is 0 Å². The Balaban J connectivity index is 1.36. The fourth-order valence-corrected chi connectivity index (χ4v) is 4.27. The number of nitrogens with zero attached hydrogens (tertiary/aromatic N) is 3. The van der Waals surface area contributed by atoms with Gasteiger partial charge in [-0.15, -0.1) is 0 Å². The minimum atomic E-state index is -0.252. The number of hydrogen-bond acceptors (Lipinski definition) is 4. The quantitative estimate of drug-likeness (QED) is 0.490. The van der Waals surface area contributed by atoms with Gasteiger partial charge in [-0.1, -0.05) is 12.1 Å². The first-order valence-corrected chi connectivity index (χ1v) is 10.8. The van der Waals surface area contributed by atoms with Crippen LogP contribution in [0.1, 0.15) is 23.2 Å². The Kier molecular flexibility index (Phi) is 5.50. The van der Waals surface area contributed by atoms with Crippen molar-refractivity contribution in [1.82, 2.24) is 14.9 Å². The van der Waals surface area contributed by atoms with Crippen LogP contribution in [0.2, 0.25) is 0 Å². The van der Waals surface area contributed by atoms with E-state index in [2.05, 4.69) is 27.4 Å². The lowest BCUT2D eigenvalue weighted by Gasteiger charge is -2.33. The van der Waals surface area contributed by atoms with Crippen molar-refractivity contribution >= 4 is 22.4 Å². The molecule has 1 aliphatic heterocycles. The third-order valence-corrected chi connectivity index (χ3v) is 5.96. The van der Waals surface area contributed by atoms with Crippen molar-refractivity contribution in [3.05, 3.63) is 90.8 Å². The molecule has 2 aromatic carbocycles. The van der Waals surface area contributed by atoms with Crippen LogP contribution >= 0.6 is 0 Å². The normalized spacial score (nSPS) is 14.5. The van der Waals surface area contributed by atoms with E-state index in [1.165, 1.54) is 6.07 Å². The molecule has 3 heterocycles. The maximum Gasteiger partial charge on any atom is 0.255 e. The number of anilines is 1. The van der Waals surface area contributed by atoms with E-state index < -0.39 is 0 Å². The maximum atomic E-state index is 13.8. The van der Waals surface area contributed by atoms with Crippen LogP contribution in [0, 0.1) is 5.82 Å². The lowest BCUT2D eigenvalue weighted by molar-refractivity contribution is 0.0718. The zero-order valence-electron chi connectivity index (χ0n) is 17.5. The summed E-state index contributed by atoms with van der Waals surface area (Å²) < 4.78 is 13.8. The molecule has 1 fully saturated rings. The summed E-state index contributed by atoms with van der Waals surface area (Å²) in [6.45, 7) is 1.37. The molecule has 1 N–H and O–H groups in total. The third kappa shape index (κ3) is 4.17. The van der Waals surface area contributed by atoms with Crippen molar-refractivity contribution in [3.63, 3.8) is 0 Å². The van der Waals surface area contributed by atoms with Crippen molar-refractivity contribution < 1.29 is 9.18 Å². The number of rotatable bonds is 4. The smallest absolute Gasteiger partial charge is 0.255 e. The molecular weight excluding hydrogens is 403 g/mol. The fourth-order valence-electron chi connectivity index (χ4n) is 4.27. The van der Waals surface area contributed by atoms with Crippen LogP contribution in [0.3, 0.4) is 0 Å². The van der Waals surface area contributed by atoms with Gasteiger partial charge in [0.15, 0.2) is 0 Å². The number of benzene rings is 2. The van der Waals surface area contributed by atoms with Gasteiger partial charge in [0.05, 0.1) is 5.56 Å². The van der Waals surface area contributed by atoms with E-state index in [4.69, 9.17) is 0 Å². The lowest BCUT2D eigenvalue weighted by Crippen LogP contribution is -2.42. The molecule has 32 heavy (non-hydrogen) atoms. The summed E-state index contributed by atoms with van der Waals surface area (Å²) in [6, 6.07) is 16.6. The minimum Gasteiger partial charge on any atom is -0.382 e. The number of amides is 1. The summed E-state index contributed by atoms with van der Waals surface area (Å²) in [4.78, 5) is 22.9. The summed E-state index contributed by atoms with van der Waals surface area (Å²) in [7, 11) is 0. The van der Waals surface area contributed by atoms with E-state index in [1.54, 1.807) is 42.9 Å². The van der Waals surface area contributed by atoms with Gasteiger partial charge in [0, 0.05) is 55.0 Å². The standard InChI is InChI=1S/C26H23FN4O/c27-22-5-1-3-18(14-22)21-13-19-6-10-29-17-24(19)25(15-21)30-23-7-11-31(12-8-23)26(32)20-4-2-9-28-16-20/h1-6,9-10,13-17,23,30H,7-8,11-12H2. The molecule has 1 amide bonds. The van der Waals surface area contributed by atoms with Crippen LogP contribution in [0.15, 0.2) is 79.4 Å². The second-order valence-corrected chi connectivity index (χ2v) is 8.08. The Hall–Kier alpha value is -3.80. The SMILES string of the molecule is O=C(c1cccnc1)N1CCC(Nc2cc(-c3cccc(F)c3)cc3ccncc23)CC1. The topological polar surface area (TPSA) is 58.1 Å². The number of nitrogens with one attached hydrogen (secondary N) is 1. The van der Waals surface area contributed by atoms with E-state index in [9.17, 15) is 9.18 Å². The number of pyridine rings is 2. The molecule has 1 aliphatic rings. The first-order valence-electron chi connectivity index (χ1n) is 10.8. The molecule has 0 saturated carbocycles. The molecule has 5 rings (SSSR count). The lowest BCUT2D eigenvalue weighted by atomic mass is 9.99. The minimum absolute atomic E-state index is 0.0271. The number of carbonyl (C=O) groups excluding carboxylic acids is 1. The molecule has 0 spiro atoms. The second-order valence-electron chi connectivity index (χ2n) is 8.08. The highest BCUT2D eigenvalue weighted by atomic mass is 19.1. The summed E-state index contributed by atoms with van der Waals surface area (Å²) in [6.07, 6.45) is 8.60. The predicted octanol–water partition coefficient (Wildman–Crippen LogP) is 5.15. The Bertz CT molecular complexity index is 1250. The van der Waals surface area contributed by atoms with Gasteiger partial charge in [-0.2, -0.15) is 0 Å². The number of aromatic nitrogens is 2. The van der Waals surface area contributed by atoms with E-state index in [1.807, 2.05) is 23.2 Å². The molecule has 0 atom stereocenters. The highest BCUT2D eigenvalue weighted by Gasteiger charge is 2.24. The first kappa shape index (κ1) is 20.1. The Morgan fingerprint density at radius 3 is 2.56 bits per heavy atom. The van der Waals surface area contributed by atoms with Gasteiger partial charge in [0.2, 0.25) is 0 Å². The van der Waals surface area contributed by atoms with Crippen LogP contribution in [-0.4, -0.2) is 39.9 Å². The summed E-state index contributed by atoms with van der Waals surface area (Å²) in [5.74, 6) is -0.225. The molecule has 4 aromatic rings. The average Bonchev–Trinajstić information content (AvgIpc) is 2.84. The summed E-state index contributed by atoms with van der Waals surface area (Å²) in [5.41, 5.74) is 3.39. The first-order chi connectivity index (χ1) is 15.7. The van der Waals surface area contributed by atoms with Crippen LogP contribution in [0.4, 0.5) is 10.1 Å². The Morgan fingerprint density at radius 2 is 1.78 bits per heavy atom. The van der Waals surface area contributed by atoms with Gasteiger partial charge in [-0.05, 0) is 71.8 Å². The van der Waals surface area contributed by atoms with Gasteiger partial charge in [0.1, 0.15) is 5.82 Å². The number of piperidine rings is 1. The van der Waals surface area contributed by atoms with E-state index in [0.717, 1.165) is 40.4 Å². The molecule has 2 aromatic heterocycles. The second kappa shape index (κ2) is 8.75. The molecule has 1 saturated heterocycles. The highest BCUT2D eigenvalue weighted by molar-refractivity contribution is 5.97. The van der Waals surface area contributed by atoms with E-state index in [-0.39, 0.29) is 17.8 Å². The van der Waals surface area contributed by atoms with Crippen molar-refractivity contribution in [2.24, 2.45) is 0 Å². The third-order valence-electron chi connectivity index (χ3n) is 5.96. The molecule has 0 aliphatic carbocycles.